The third-order valence-corrected chi connectivity index (χ3v) is 6.66. The van der Waals surface area contributed by atoms with Crippen LogP contribution in [0, 0.1) is 6.92 Å². The van der Waals surface area contributed by atoms with Gasteiger partial charge in [-0.15, -0.1) is 0 Å². The minimum absolute atomic E-state index is 0.0324. The van der Waals surface area contributed by atoms with Crippen molar-refractivity contribution < 1.29 is 9.59 Å². The van der Waals surface area contributed by atoms with E-state index in [-0.39, 0.29) is 23.8 Å². The Hall–Kier alpha value is -3.61. The second-order valence-electron chi connectivity index (χ2n) is 8.81. The number of hydrogen-bond donors (Lipinski definition) is 1. The van der Waals surface area contributed by atoms with Gasteiger partial charge in [0.15, 0.2) is 5.82 Å². The highest BCUT2D eigenvalue weighted by molar-refractivity contribution is 5.90. The number of nitrogens with one attached hydrogen (secondary N) is 1. The molecule has 1 N–H and O–H groups in total. The molecule has 168 valence electrons. The topological polar surface area (TPSA) is 88.1 Å². The molecule has 1 atom stereocenters. The number of carbonyl (C=O) groups is 2. The molecule has 3 aromatic rings. The molecule has 7 heteroatoms. The molecule has 7 nitrogen and oxygen atoms in total. The summed E-state index contributed by atoms with van der Waals surface area (Å²) in [5.41, 5.74) is 5.28. The van der Waals surface area contributed by atoms with Crippen molar-refractivity contribution in [1.29, 1.82) is 0 Å². The maximum atomic E-state index is 12.8. The number of nitrogens with zero attached hydrogens (tertiary/aromatic N) is 4. The normalized spacial score (nSPS) is 18.9. The van der Waals surface area contributed by atoms with Gasteiger partial charge >= 0.3 is 0 Å². The van der Waals surface area contributed by atoms with Crippen molar-refractivity contribution in [2.45, 2.75) is 44.6 Å². The SMILES string of the molecule is Cc1ccccc1-c1cnc(-c2cccnc2)nc1C1CCN(C(=O)[C@@H]2CCC(=O)N2)CC1. The minimum atomic E-state index is -0.368. The second-order valence-corrected chi connectivity index (χ2v) is 8.81. The molecule has 2 fully saturated rings. The summed E-state index contributed by atoms with van der Waals surface area (Å²) in [5, 5.41) is 2.80. The maximum absolute atomic E-state index is 12.8. The second kappa shape index (κ2) is 9.10. The van der Waals surface area contributed by atoms with Crippen LogP contribution in [0.15, 0.2) is 55.0 Å². The Bertz CT molecular complexity index is 1170. The molecule has 2 saturated heterocycles. The Labute approximate surface area is 193 Å². The number of benzene rings is 1. The van der Waals surface area contributed by atoms with Crippen molar-refractivity contribution in [3.63, 3.8) is 0 Å². The third kappa shape index (κ3) is 4.35. The molecule has 2 aliphatic heterocycles. The van der Waals surface area contributed by atoms with Crippen LogP contribution in [0.1, 0.15) is 42.9 Å². The fourth-order valence-electron chi connectivity index (χ4n) is 4.82. The van der Waals surface area contributed by atoms with Crippen LogP contribution < -0.4 is 5.32 Å². The summed E-state index contributed by atoms with van der Waals surface area (Å²) < 4.78 is 0. The number of rotatable bonds is 4. The Kier molecular flexibility index (Phi) is 5.86. The fraction of sp³-hybridized carbons (Fsp3) is 0.346. The molecular formula is C26H27N5O2. The summed E-state index contributed by atoms with van der Waals surface area (Å²) in [5.74, 6) is 0.898. The van der Waals surface area contributed by atoms with Gasteiger partial charge in [-0.05, 0) is 49.4 Å². The molecule has 33 heavy (non-hydrogen) atoms. The van der Waals surface area contributed by atoms with Crippen molar-refractivity contribution in [2.75, 3.05) is 13.1 Å². The van der Waals surface area contributed by atoms with E-state index in [1.165, 1.54) is 5.56 Å². The molecule has 5 rings (SSSR count). The van der Waals surface area contributed by atoms with E-state index >= 15 is 0 Å². The number of carbonyl (C=O) groups excluding carboxylic acids is 2. The number of aryl methyl sites for hydroxylation is 1. The first-order valence-electron chi connectivity index (χ1n) is 11.5. The van der Waals surface area contributed by atoms with Crippen LogP contribution in [0.25, 0.3) is 22.5 Å². The van der Waals surface area contributed by atoms with Crippen molar-refractivity contribution >= 4 is 11.8 Å². The van der Waals surface area contributed by atoms with Crippen LogP contribution in [0.3, 0.4) is 0 Å². The summed E-state index contributed by atoms with van der Waals surface area (Å²) in [6.45, 7) is 3.43. The lowest BCUT2D eigenvalue weighted by molar-refractivity contribution is -0.135. The molecule has 0 radical (unpaired) electrons. The molecule has 0 saturated carbocycles. The first-order chi connectivity index (χ1) is 16.1. The van der Waals surface area contributed by atoms with Gasteiger partial charge in [-0.3, -0.25) is 14.6 Å². The Morgan fingerprint density at radius 3 is 2.55 bits per heavy atom. The van der Waals surface area contributed by atoms with Gasteiger partial charge in [0.05, 0.1) is 5.69 Å². The van der Waals surface area contributed by atoms with E-state index in [2.05, 4.69) is 34.3 Å². The lowest BCUT2D eigenvalue weighted by Crippen LogP contribution is -2.47. The summed E-state index contributed by atoms with van der Waals surface area (Å²) >= 11 is 0. The fourth-order valence-corrected chi connectivity index (χ4v) is 4.82. The number of pyridine rings is 1. The smallest absolute Gasteiger partial charge is 0.245 e. The first-order valence-corrected chi connectivity index (χ1v) is 11.5. The Morgan fingerprint density at radius 1 is 1.03 bits per heavy atom. The molecule has 2 aromatic heterocycles. The number of piperidine rings is 1. The molecule has 0 spiro atoms. The van der Waals surface area contributed by atoms with Crippen LogP contribution in [0.4, 0.5) is 0 Å². The summed E-state index contributed by atoms with van der Waals surface area (Å²) in [7, 11) is 0. The highest BCUT2D eigenvalue weighted by Crippen LogP contribution is 2.36. The molecular weight excluding hydrogens is 414 g/mol. The highest BCUT2D eigenvalue weighted by Gasteiger charge is 2.34. The Balaban J connectivity index is 1.43. The van der Waals surface area contributed by atoms with Gasteiger partial charge < -0.3 is 10.2 Å². The maximum Gasteiger partial charge on any atom is 0.245 e. The Morgan fingerprint density at radius 2 is 1.85 bits per heavy atom. The summed E-state index contributed by atoms with van der Waals surface area (Å²) in [6, 6.07) is 11.8. The highest BCUT2D eigenvalue weighted by atomic mass is 16.2. The van der Waals surface area contributed by atoms with Crippen LogP contribution in [0.2, 0.25) is 0 Å². The number of aromatic nitrogens is 3. The first kappa shape index (κ1) is 21.2. The number of likely N-dealkylation sites (tertiary alicyclic amines) is 1. The van der Waals surface area contributed by atoms with Crippen molar-refractivity contribution in [3.8, 4) is 22.5 Å². The lowest BCUT2D eigenvalue weighted by atomic mass is 9.87. The number of amides is 2. The number of hydrogen-bond acceptors (Lipinski definition) is 5. The largest absolute Gasteiger partial charge is 0.344 e. The summed E-state index contributed by atoms with van der Waals surface area (Å²) in [6.07, 6.45) is 8.14. The zero-order valence-electron chi connectivity index (χ0n) is 18.7. The van der Waals surface area contributed by atoms with Crippen LogP contribution >= 0.6 is 0 Å². The van der Waals surface area contributed by atoms with Crippen LogP contribution in [-0.4, -0.2) is 50.8 Å². The van der Waals surface area contributed by atoms with Crippen LogP contribution in [0.5, 0.6) is 0 Å². The lowest BCUT2D eigenvalue weighted by Gasteiger charge is -2.34. The van der Waals surface area contributed by atoms with Gasteiger partial charge in [0.25, 0.3) is 0 Å². The van der Waals surface area contributed by atoms with E-state index in [1.807, 2.05) is 35.4 Å². The van der Waals surface area contributed by atoms with Gasteiger partial charge in [-0.25, -0.2) is 9.97 Å². The van der Waals surface area contributed by atoms with E-state index < -0.39 is 0 Å². The summed E-state index contributed by atoms with van der Waals surface area (Å²) in [4.78, 5) is 40.2. The molecule has 4 heterocycles. The molecule has 2 aliphatic rings. The van der Waals surface area contributed by atoms with Crippen LogP contribution in [-0.2, 0) is 9.59 Å². The van der Waals surface area contributed by atoms with Gasteiger partial charge in [0.2, 0.25) is 11.8 Å². The van der Waals surface area contributed by atoms with E-state index in [4.69, 9.17) is 4.98 Å². The molecule has 1 aromatic carbocycles. The van der Waals surface area contributed by atoms with Crippen molar-refractivity contribution in [2.24, 2.45) is 0 Å². The van der Waals surface area contributed by atoms with E-state index in [9.17, 15) is 9.59 Å². The monoisotopic (exact) mass is 441 g/mol. The standard InChI is InChI=1S/C26H27N5O2/c1-17-5-2-3-7-20(17)21-16-28-25(19-6-4-12-27-15-19)30-24(21)18-10-13-31(14-11-18)26(33)22-8-9-23(32)29-22/h2-7,12,15-16,18,22H,8-11,13-14H2,1H3,(H,29,32)/t22-/m0/s1. The predicted molar refractivity (Wildman–Crippen MR) is 125 cm³/mol. The molecule has 2 amide bonds. The van der Waals surface area contributed by atoms with Gasteiger partial charge in [0, 0.05) is 55.1 Å². The predicted octanol–water partition coefficient (Wildman–Crippen LogP) is 3.50. The zero-order valence-corrected chi connectivity index (χ0v) is 18.7. The average molecular weight is 442 g/mol. The molecule has 0 bridgehead atoms. The minimum Gasteiger partial charge on any atom is -0.344 e. The van der Waals surface area contributed by atoms with E-state index in [0.29, 0.717) is 31.8 Å². The van der Waals surface area contributed by atoms with Gasteiger partial charge in [0.1, 0.15) is 6.04 Å². The quantitative estimate of drug-likeness (QED) is 0.670. The molecule has 0 unspecified atom stereocenters. The molecule has 0 aliphatic carbocycles. The van der Waals surface area contributed by atoms with Crippen molar-refractivity contribution in [1.82, 2.24) is 25.2 Å². The van der Waals surface area contributed by atoms with Crippen molar-refractivity contribution in [3.05, 3.63) is 66.2 Å². The third-order valence-electron chi connectivity index (χ3n) is 6.66. The van der Waals surface area contributed by atoms with Gasteiger partial charge in [-0.2, -0.15) is 0 Å². The van der Waals surface area contributed by atoms with E-state index in [0.717, 1.165) is 35.2 Å². The van der Waals surface area contributed by atoms with Gasteiger partial charge in [-0.1, -0.05) is 24.3 Å². The zero-order chi connectivity index (χ0) is 22.8. The van der Waals surface area contributed by atoms with E-state index in [1.54, 1.807) is 12.4 Å². The average Bonchev–Trinajstić information content (AvgIpc) is 3.30.